The molecule has 2 aromatic heterocycles. The van der Waals surface area contributed by atoms with Gasteiger partial charge in [0.1, 0.15) is 0 Å². The number of piperazine rings is 1. The molecule has 0 unspecified atom stereocenters. The predicted molar refractivity (Wildman–Crippen MR) is 105 cm³/mol. The molecule has 0 N–H and O–H groups in total. The van der Waals surface area contributed by atoms with E-state index >= 15 is 0 Å². The average Bonchev–Trinajstić information content (AvgIpc) is 3.17. The number of pyridine rings is 1. The maximum absolute atomic E-state index is 12.6. The summed E-state index contributed by atoms with van der Waals surface area (Å²) in [7, 11) is 2.10. The van der Waals surface area contributed by atoms with Crippen molar-refractivity contribution in [1.82, 2.24) is 19.8 Å². The van der Waals surface area contributed by atoms with E-state index in [1.54, 1.807) is 11.3 Å². The summed E-state index contributed by atoms with van der Waals surface area (Å²) in [5.74, 6) is 0.212. The van der Waals surface area contributed by atoms with Gasteiger partial charge in [0.25, 0.3) is 0 Å². The fourth-order valence-corrected chi connectivity index (χ4v) is 3.94. The van der Waals surface area contributed by atoms with Gasteiger partial charge in [-0.2, -0.15) is 0 Å². The summed E-state index contributed by atoms with van der Waals surface area (Å²) in [5.41, 5.74) is 5.97. The lowest BCUT2D eigenvalue weighted by Gasteiger charge is -2.32. The van der Waals surface area contributed by atoms with E-state index in [0.717, 1.165) is 53.2 Å². The fourth-order valence-electron chi connectivity index (χ4n) is 3.36. The van der Waals surface area contributed by atoms with E-state index in [1.807, 2.05) is 28.7 Å². The topological polar surface area (TPSA) is 49.3 Å². The Labute approximate surface area is 157 Å². The molecule has 5 nitrogen and oxygen atoms in total. The number of aromatic nitrogens is 2. The number of thiazole rings is 1. The summed E-state index contributed by atoms with van der Waals surface area (Å²) in [6.07, 6.45) is 2.30. The molecule has 134 valence electrons. The minimum absolute atomic E-state index is 0.212. The van der Waals surface area contributed by atoms with Crippen molar-refractivity contribution in [2.75, 3.05) is 33.2 Å². The van der Waals surface area contributed by atoms with Crippen LogP contribution in [0.15, 0.2) is 36.0 Å². The van der Waals surface area contributed by atoms with Gasteiger partial charge in [0.2, 0.25) is 5.91 Å². The Hall–Kier alpha value is -2.31. The number of rotatable bonds is 3. The highest BCUT2D eigenvalue weighted by molar-refractivity contribution is 7.13. The Morgan fingerprint density at radius 1 is 1.19 bits per heavy atom. The normalized spacial score (nSPS) is 15.5. The van der Waals surface area contributed by atoms with Crippen molar-refractivity contribution < 1.29 is 4.79 Å². The molecule has 0 aliphatic carbocycles. The van der Waals surface area contributed by atoms with Crippen LogP contribution < -0.4 is 0 Å². The first-order chi connectivity index (χ1) is 12.6. The Kier molecular flexibility index (Phi) is 4.70. The van der Waals surface area contributed by atoms with Crippen LogP contribution in [-0.2, 0) is 11.2 Å². The second-order valence-electron chi connectivity index (χ2n) is 6.90. The zero-order valence-electron chi connectivity index (χ0n) is 15.1. The van der Waals surface area contributed by atoms with Crippen molar-refractivity contribution >= 4 is 28.1 Å². The van der Waals surface area contributed by atoms with Crippen LogP contribution in [0.5, 0.6) is 0 Å². The van der Waals surface area contributed by atoms with Gasteiger partial charge in [-0.15, -0.1) is 11.3 Å². The zero-order valence-corrected chi connectivity index (χ0v) is 15.9. The van der Waals surface area contributed by atoms with E-state index in [0.29, 0.717) is 6.42 Å². The molecule has 1 aromatic carbocycles. The Morgan fingerprint density at radius 2 is 2.00 bits per heavy atom. The molecule has 3 aromatic rings. The highest BCUT2D eigenvalue weighted by Gasteiger charge is 2.19. The average molecular weight is 366 g/mol. The first-order valence-corrected chi connectivity index (χ1v) is 9.73. The van der Waals surface area contributed by atoms with Crippen molar-refractivity contribution in [2.24, 2.45) is 0 Å². The molecule has 0 atom stereocenters. The number of amides is 1. The van der Waals surface area contributed by atoms with Gasteiger partial charge in [-0.3, -0.25) is 9.78 Å². The third-order valence-corrected chi connectivity index (χ3v) is 5.77. The molecule has 1 amide bonds. The van der Waals surface area contributed by atoms with Crippen LogP contribution in [-0.4, -0.2) is 58.9 Å². The highest BCUT2D eigenvalue weighted by atomic mass is 32.1. The van der Waals surface area contributed by atoms with E-state index in [2.05, 4.69) is 36.0 Å². The molecule has 0 spiro atoms. The number of hydrogen-bond acceptors (Lipinski definition) is 5. The van der Waals surface area contributed by atoms with Crippen LogP contribution in [0.25, 0.3) is 21.5 Å². The second kappa shape index (κ2) is 7.13. The van der Waals surface area contributed by atoms with Crippen LogP contribution in [0.4, 0.5) is 0 Å². The fraction of sp³-hybridized carbons (Fsp3) is 0.350. The van der Waals surface area contributed by atoms with Gasteiger partial charge in [0.15, 0.2) is 0 Å². The van der Waals surface area contributed by atoms with Gasteiger partial charge in [0, 0.05) is 37.8 Å². The van der Waals surface area contributed by atoms with Gasteiger partial charge in [-0.25, -0.2) is 4.98 Å². The summed E-state index contributed by atoms with van der Waals surface area (Å²) in [6.45, 7) is 5.64. The number of nitrogens with zero attached hydrogens (tertiary/aromatic N) is 4. The van der Waals surface area contributed by atoms with E-state index in [4.69, 9.17) is 4.98 Å². The van der Waals surface area contributed by atoms with E-state index in [1.165, 1.54) is 5.56 Å². The van der Waals surface area contributed by atoms with Crippen LogP contribution in [0, 0.1) is 6.92 Å². The maximum Gasteiger partial charge on any atom is 0.227 e. The standard InChI is InChI=1S/C20H22N4OS/c1-14-9-18(19-12-21-13-26-19)22-17-4-3-15(10-16(14)17)11-20(25)24-7-5-23(2)6-8-24/h3-4,9-10,12-13H,5-8,11H2,1-2H3. The van der Waals surface area contributed by atoms with E-state index < -0.39 is 0 Å². The van der Waals surface area contributed by atoms with Crippen molar-refractivity contribution in [1.29, 1.82) is 0 Å². The number of hydrogen-bond donors (Lipinski definition) is 0. The third kappa shape index (κ3) is 3.48. The summed E-state index contributed by atoms with van der Waals surface area (Å²) in [6, 6.07) is 8.27. The van der Waals surface area contributed by atoms with E-state index in [-0.39, 0.29) is 5.91 Å². The van der Waals surface area contributed by atoms with Crippen molar-refractivity contribution in [3.05, 3.63) is 47.1 Å². The van der Waals surface area contributed by atoms with Gasteiger partial charge in [0.05, 0.1) is 28.0 Å². The summed E-state index contributed by atoms with van der Waals surface area (Å²) in [4.78, 5) is 26.8. The molecule has 26 heavy (non-hydrogen) atoms. The monoisotopic (exact) mass is 366 g/mol. The second-order valence-corrected chi connectivity index (χ2v) is 7.79. The molecule has 0 saturated carbocycles. The molecule has 1 aliphatic rings. The summed E-state index contributed by atoms with van der Waals surface area (Å²) >= 11 is 1.59. The van der Waals surface area contributed by atoms with Crippen LogP contribution in [0.1, 0.15) is 11.1 Å². The first-order valence-electron chi connectivity index (χ1n) is 8.85. The number of carbonyl (C=O) groups excluding carboxylic acids is 1. The third-order valence-electron chi connectivity index (χ3n) is 4.98. The van der Waals surface area contributed by atoms with Crippen molar-refractivity contribution in [3.8, 4) is 10.6 Å². The number of carbonyl (C=O) groups is 1. The molecule has 6 heteroatoms. The highest BCUT2D eigenvalue weighted by Crippen LogP contribution is 2.27. The summed E-state index contributed by atoms with van der Waals surface area (Å²) in [5, 5.41) is 1.11. The number of fused-ring (bicyclic) bond motifs is 1. The van der Waals surface area contributed by atoms with Crippen molar-refractivity contribution in [3.63, 3.8) is 0 Å². The maximum atomic E-state index is 12.6. The van der Waals surface area contributed by atoms with E-state index in [9.17, 15) is 4.79 Å². The molecule has 1 fully saturated rings. The number of likely N-dealkylation sites (N-methyl/N-ethyl adjacent to an activating group) is 1. The zero-order chi connectivity index (χ0) is 18.1. The van der Waals surface area contributed by atoms with Gasteiger partial charge in [-0.1, -0.05) is 6.07 Å². The Bertz CT molecular complexity index is 930. The predicted octanol–water partition coefficient (Wildman–Crippen LogP) is 2.98. The number of aryl methyl sites for hydroxylation is 1. The molecule has 0 radical (unpaired) electrons. The smallest absolute Gasteiger partial charge is 0.227 e. The Morgan fingerprint density at radius 3 is 2.73 bits per heavy atom. The lowest BCUT2D eigenvalue weighted by atomic mass is 10.0. The molecule has 4 rings (SSSR count). The largest absolute Gasteiger partial charge is 0.340 e. The van der Waals surface area contributed by atoms with Crippen LogP contribution in [0.2, 0.25) is 0 Å². The van der Waals surface area contributed by atoms with Gasteiger partial charge < -0.3 is 9.80 Å². The molecular formula is C20H22N4OS. The lowest BCUT2D eigenvalue weighted by Crippen LogP contribution is -2.47. The van der Waals surface area contributed by atoms with Crippen molar-refractivity contribution in [2.45, 2.75) is 13.3 Å². The quantitative estimate of drug-likeness (QED) is 0.715. The summed E-state index contributed by atoms with van der Waals surface area (Å²) < 4.78 is 0. The molecular weight excluding hydrogens is 344 g/mol. The Balaban J connectivity index is 1.57. The number of benzene rings is 1. The van der Waals surface area contributed by atoms with Gasteiger partial charge in [-0.05, 0) is 43.3 Å². The van der Waals surface area contributed by atoms with Crippen LogP contribution >= 0.6 is 11.3 Å². The SMILES string of the molecule is Cc1cc(-c2cncs2)nc2ccc(CC(=O)N3CCN(C)CC3)cc12. The minimum Gasteiger partial charge on any atom is -0.340 e. The molecule has 3 heterocycles. The van der Waals surface area contributed by atoms with Gasteiger partial charge >= 0.3 is 0 Å². The molecule has 1 saturated heterocycles. The molecule has 0 bridgehead atoms. The molecule has 1 aliphatic heterocycles. The lowest BCUT2D eigenvalue weighted by molar-refractivity contribution is -0.132. The first kappa shape index (κ1) is 17.1. The minimum atomic E-state index is 0.212. The van der Waals surface area contributed by atoms with Crippen LogP contribution in [0.3, 0.4) is 0 Å².